The van der Waals surface area contributed by atoms with Crippen LogP contribution in [0.5, 0.6) is 0 Å². The molecule has 1 aromatic rings. The molecule has 11 heavy (non-hydrogen) atoms. The molecular formula is C6H6N4O. The van der Waals surface area contributed by atoms with Crippen molar-refractivity contribution in [1.29, 1.82) is 0 Å². The summed E-state index contributed by atoms with van der Waals surface area (Å²) in [6.07, 6.45) is 3.53. The normalized spacial score (nSPS) is 16.4. The van der Waals surface area contributed by atoms with E-state index in [9.17, 15) is 4.79 Å². The van der Waals surface area contributed by atoms with E-state index in [1.807, 2.05) is 0 Å². The average molecular weight is 150 g/mol. The van der Waals surface area contributed by atoms with E-state index in [0.717, 1.165) is 0 Å². The Balaban J connectivity index is 2.30. The highest BCUT2D eigenvalue weighted by Gasteiger charge is 2.18. The third kappa shape index (κ3) is 0.899. The summed E-state index contributed by atoms with van der Waals surface area (Å²) in [5.41, 5.74) is 0. The molecule has 1 amide bonds. The number of carbonyl (C=O) groups is 1. The van der Waals surface area contributed by atoms with Crippen LogP contribution in [0, 0.1) is 0 Å². The molecule has 0 saturated heterocycles. The van der Waals surface area contributed by atoms with Crippen LogP contribution in [0.15, 0.2) is 17.4 Å². The van der Waals surface area contributed by atoms with Crippen molar-refractivity contribution in [2.45, 2.75) is 6.42 Å². The quantitative estimate of drug-likeness (QED) is 0.618. The Labute approximate surface area is 62.7 Å². The van der Waals surface area contributed by atoms with Gasteiger partial charge in [0.15, 0.2) is 5.82 Å². The first-order chi connectivity index (χ1) is 5.38. The van der Waals surface area contributed by atoms with Crippen molar-refractivity contribution in [2.24, 2.45) is 5.10 Å². The zero-order valence-electron chi connectivity index (χ0n) is 5.69. The Morgan fingerprint density at radius 3 is 3.09 bits per heavy atom. The SMILES string of the molecule is O=C1CC=NN1c1ccn[nH]1. The Kier molecular flexibility index (Phi) is 1.21. The fourth-order valence-electron chi connectivity index (χ4n) is 0.914. The van der Waals surface area contributed by atoms with Gasteiger partial charge in [0.05, 0.1) is 12.6 Å². The molecule has 5 nitrogen and oxygen atoms in total. The largest absolute Gasteiger partial charge is 0.272 e. The summed E-state index contributed by atoms with van der Waals surface area (Å²) in [6, 6.07) is 1.69. The second-order valence-corrected chi connectivity index (χ2v) is 2.15. The highest BCUT2D eigenvalue weighted by atomic mass is 16.2. The van der Waals surface area contributed by atoms with Gasteiger partial charge in [0.1, 0.15) is 0 Å². The van der Waals surface area contributed by atoms with Crippen LogP contribution in [-0.2, 0) is 4.79 Å². The maximum absolute atomic E-state index is 11.0. The lowest BCUT2D eigenvalue weighted by Crippen LogP contribution is -2.19. The van der Waals surface area contributed by atoms with Crippen molar-refractivity contribution < 1.29 is 4.79 Å². The van der Waals surface area contributed by atoms with Crippen LogP contribution >= 0.6 is 0 Å². The van der Waals surface area contributed by atoms with Crippen molar-refractivity contribution in [1.82, 2.24) is 10.2 Å². The minimum absolute atomic E-state index is 0.0331. The molecule has 0 radical (unpaired) electrons. The van der Waals surface area contributed by atoms with Crippen LogP contribution in [0.3, 0.4) is 0 Å². The van der Waals surface area contributed by atoms with Crippen LogP contribution in [0.25, 0.3) is 0 Å². The molecular weight excluding hydrogens is 144 g/mol. The molecule has 1 N–H and O–H groups in total. The van der Waals surface area contributed by atoms with Gasteiger partial charge in [0.25, 0.3) is 5.91 Å². The molecule has 1 aliphatic rings. The number of hydrogen-bond donors (Lipinski definition) is 1. The molecule has 56 valence electrons. The Morgan fingerprint density at radius 2 is 2.55 bits per heavy atom. The molecule has 2 heterocycles. The van der Waals surface area contributed by atoms with Crippen molar-refractivity contribution in [3.63, 3.8) is 0 Å². The van der Waals surface area contributed by atoms with Gasteiger partial charge in [-0.05, 0) is 0 Å². The van der Waals surface area contributed by atoms with Gasteiger partial charge in [-0.25, -0.2) is 0 Å². The molecule has 2 rings (SSSR count). The minimum Gasteiger partial charge on any atom is -0.272 e. The number of amides is 1. The zero-order chi connectivity index (χ0) is 7.68. The monoisotopic (exact) mass is 150 g/mol. The number of rotatable bonds is 1. The number of carbonyl (C=O) groups excluding carboxylic acids is 1. The Hall–Kier alpha value is -1.65. The molecule has 0 aromatic carbocycles. The number of anilines is 1. The Morgan fingerprint density at radius 1 is 1.64 bits per heavy atom. The smallest absolute Gasteiger partial charge is 0.254 e. The number of H-pyrrole nitrogens is 1. The summed E-state index contributed by atoms with van der Waals surface area (Å²) in [5, 5.41) is 11.5. The van der Waals surface area contributed by atoms with Gasteiger partial charge in [0.2, 0.25) is 0 Å². The third-order valence-corrected chi connectivity index (χ3v) is 1.41. The van der Waals surface area contributed by atoms with Crippen LogP contribution in [-0.4, -0.2) is 22.3 Å². The van der Waals surface area contributed by atoms with Crippen LogP contribution in [0.2, 0.25) is 0 Å². The highest BCUT2D eigenvalue weighted by Crippen LogP contribution is 2.13. The van der Waals surface area contributed by atoms with Crippen LogP contribution in [0.4, 0.5) is 5.82 Å². The Bertz CT molecular complexity index is 290. The molecule has 0 aliphatic carbocycles. The summed E-state index contributed by atoms with van der Waals surface area (Å²) in [4.78, 5) is 11.0. The summed E-state index contributed by atoms with van der Waals surface area (Å²) in [5.74, 6) is 0.581. The van der Waals surface area contributed by atoms with Crippen molar-refractivity contribution >= 4 is 17.9 Å². The van der Waals surface area contributed by atoms with E-state index in [1.165, 1.54) is 5.01 Å². The number of nitrogens with zero attached hydrogens (tertiary/aromatic N) is 3. The number of hydrazone groups is 1. The molecule has 0 unspecified atom stereocenters. The van der Waals surface area contributed by atoms with E-state index in [0.29, 0.717) is 12.2 Å². The van der Waals surface area contributed by atoms with Gasteiger partial charge in [0, 0.05) is 12.3 Å². The number of aromatic nitrogens is 2. The van der Waals surface area contributed by atoms with E-state index >= 15 is 0 Å². The maximum Gasteiger partial charge on any atom is 0.254 e. The third-order valence-electron chi connectivity index (χ3n) is 1.41. The molecule has 1 aromatic heterocycles. The maximum atomic E-state index is 11.0. The van der Waals surface area contributed by atoms with Crippen LogP contribution in [0.1, 0.15) is 6.42 Å². The van der Waals surface area contributed by atoms with Crippen molar-refractivity contribution in [2.75, 3.05) is 5.01 Å². The molecule has 0 bridgehead atoms. The van der Waals surface area contributed by atoms with Gasteiger partial charge in [-0.1, -0.05) is 0 Å². The molecule has 0 atom stereocenters. The highest BCUT2D eigenvalue weighted by molar-refractivity contribution is 6.04. The lowest BCUT2D eigenvalue weighted by molar-refractivity contribution is -0.116. The van der Waals surface area contributed by atoms with Crippen LogP contribution < -0.4 is 5.01 Å². The zero-order valence-corrected chi connectivity index (χ0v) is 5.69. The second-order valence-electron chi connectivity index (χ2n) is 2.15. The fourth-order valence-corrected chi connectivity index (χ4v) is 0.914. The van der Waals surface area contributed by atoms with Crippen molar-refractivity contribution in [3.05, 3.63) is 12.3 Å². The lowest BCUT2D eigenvalue weighted by atomic mass is 10.4. The van der Waals surface area contributed by atoms with Gasteiger partial charge in [-0.15, -0.1) is 0 Å². The fraction of sp³-hybridized carbons (Fsp3) is 0.167. The summed E-state index contributed by atoms with van der Waals surface area (Å²) >= 11 is 0. The summed E-state index contributed by atoms with van der Waals surface area (Å²) in [6.45, 7) is 0. The first-order valence-electron chi connectivity index (χ1n) is 3.23. The van der Waals surface area contributed by atoms with Gasteiger partial charge < -0.3 is 0 Å². The first-order valence-corrected chi connectivity index (χ1v) is 3.23. The predicted octanol–water partition coefficient (Wildman–Crippen LogP) is 0.132. The standard InChI is InChI=1S/C6H6N4O/c11-6-2-4-8-10(6)5-1-3-7-9-5/h1,3-4H,2H2,(H,7,9). The van der Waals surface area contributed by atoms with Gasteiger partial charge in [-0.3, -0.25) is 9.89 Å². The second kappa shape index (κ2) is 2.19. The summed E-state index contributed by atoms with van der Waals surface area (Å²) in [7, 11) is 0. The summed E-state index contributed by atoms with van der Waals surface area (Å²) < 4.78 is 0. The van der Waals surface area contributed by atoms with E-state index in [1.54, 1.807) is 18.5 Å². The molecule has 5 heteroatoms. The predicted molar refractivity (Wildman–Crippen MR) is 39.2 cm³/mol. The minimum atomic E-state index is -0.0331. The number of aromatic amines is 1. The topological polar surface area (TPSA) is 61.4 Å². The average Bonchev–Trinajstić information content (AvgIpc) is 2.55. The van der Waals surface area contributed by atoms with E-state index in [4.69, 9.17) is 0 Å². The molecule has 0 fully saturated rings. The van der Waals surface area contributed by atoms with E-state index in [-0.39, 0.29) is 5.91 Å². The molecule has 0 saturated carbocycles. The van der Waals surface area contributed by atoms with Gasteiger partial charge in [-0.2, -0.15) is 15.2 Å². The number of nitrogens with one attached hydrogen (secondary N) is 1. The van der Waals surface area contributed by atoms with E-state index in [2.05, 4.69) is 15.3 Å². The number of hydrogen-bond acceptors (Lipinski definition) is 3. The first kappa shape index (κ1) is 6.09. The van der Waals surface area contributed by atoms with Crippen molar-refractivity contribution in [3.8, 4) is 0 Å². The molecule has 0 spiro atoms. The lowest BCUT2D eigenvalue weighted by Gasteiger charge is -2.06. The van der Waals surface area contributed by atoms with E-state index < -0.39 is 0 Å². The molecule has 1 aliphatic heterocycles. The van der Waals surface area contributed by atoms with Gasteiger partial charge >= 0.3 is 0 Å².